The van der Waals surface area contributed by atoms with Crippen LogP contribution in [-0.2, 0) is 17.6 Å². The highest BCUT2D eigenvalue weighted by molar-refractivity contribution is 6.31. The monoisotopic (exact) mass is 471 g/mol. The number of nitrogens with zero attached hydrogens (tertiary/aromatic N) is 2. The topological polar surface area (TPSA) is 72.9 Å². The SMILES string of the molecule is CCN(CC)c1ccc(NC(=O)C2(N(CC(C)C)C(=O)O)CCc3cccc(Cl)c3C2)cc1. The number of carbonyl (C=O) groups is 2. The van der Waals surface area contributed by atoms with Crippen molar-refractivity contribution in [1.82, 2.24) is 4.90 Å². The summed E-state index contributed by atoms with van der Waals surface area (Å²) in [5.41, 5.74) is 2.43. The van der Waals surface area contributed by atoms with Gasteiger partial charge in [-0.15, -0.1) is 0 Å². The first-order valence-electron chi connectivity index (χ1n) is 11.6. The van der Waals surface area contributed by atoms with Crippen LogP contribution in [-0.4, -0.2) is 47.2 Å². The normalized spacial score (nSPS) is 17.4. The Hall–Kier alpha value is -2.73. The number of hydrogen-bond acceptors (Lipinski definition) is 3. The molecule has 0 spiro atoms. The van der Waals surface area contributed by atoms with Crippen molar-refractivity contribution in [3.63, 3.8) is 0 Å². The summed E-state index contributed by atoms with van der Waals surface area (Å²) < 4.78 is 0. The van der Waals surface area contributed by atoms with Crippen molar-refractivity contribution in [2.75, 3.05) is 29.9 Å². The lowest BCUT2D eigenvalue weighted by molar-refractivity contribution is -0.128. The molecule has 0 fully saturated rings. The Kier molecular flexibility index (Phi) is 7.90. The molecule has 178 valence electrons. The molecule has 0 aromatic heterocycles. The highest BCUT2D eigenvalue weighted by Gasteiger charge is 2.49. The summed E-state index contributed by atoms with van der Waals surface area (Å²) in [6.45, 7) is 10.2. The lowest BCUT2D eigenvalue weighted by Crippen LogP contribution is -2.62. The third kappa shape index (κ3) is 5.27. The van der Waals surface area contributed by atoms with Gasteiger partial charge in [0, 0.05) is 42.5 Å². The molecule has 2 aromatic carbocycles. The van der Waals surface area contributed by atoms with Gasteiger partial charge in [0.2, 0.25) is 0 Å². The molecule has 2 amide bonds. The number of halogens is 1. The largest absolute Gasteiger partial charge is 0.465 e. The zero-order chi connectivity index (χ0) is 24.2. The van der Waals surface area contributed by atoms with E-state index < -0.39 is 11.6 Å². The van der Waals surface area contributed by atoms with Gasteiger partial charge in [-0.2, -0.15) is 0 Å². The summed E-state index contributed by atoms with van der Waals surface area (Å²) in [4.78, 5) is 29.7. The fraction of sp³-hybridized carbons (Fsp3) is 0.462. The summed E-state index contributed by atoms with van der Waals surface area (Å²) in [6, 6.07) is 13.4. The molecule has 0 saturated carbocycles. The first-order valence-corrected chi connectivity index (χ1v) is 12.0. The van der Waals surface area contributed by atoms with E-state index in [-0.39, 0.29) is 24.8 Å². The van der Waals surface area contributed by atoms with Crippen LogP contribution in [0, 0.1) is 5.92 Å². The van der Waals surface area contributed by atoms with Crippen LogP contribution in [0.25, 0.3) is 0 Å². The molecule has 0 radical (unpaired) electrons. The molecular formula is C26H34ClN3O3. The lowest BCUT2D eigenvalue weighted by atomic mass is 9.75. The van der Waals surface area contributed by atoms with Gasteiger partial charge in [-0.25, -0.2) is 4.79 Å². The van der Waals surface area contributed by atoms with E-state index in [2.05, 4.69) is 24.1 Å². The molecule has 1 aliphatic rings. The first-order chi connectivity index (χ1) is 15.7. The minimum absolute atomic E-state index is 0.0757. The van der Waals surface area contributed by atoms with E-state index in [1.807, 2.05) is 50.2 Å². The molecule has 6 nitrogen and oxygen atoms in total. The molecule has 2 N–H and O–H groups in total. The van der Waals surface area contributed by atoms with E-state index in [0.29, 0.717) is 23.6 Å². The van der Waals surface area contributed by atoms with Crippen LogP contribution in [0.2, 0.25) is 5.02 Å². The van der Waals surface area contributed by atoms with Crippen molar-refractivity contribution in [3.8, 4) is 0 Å². The number of hydrogen-bond donors (Lipinski definition) is 2. The fourth-order valence-electron chi connectivity index (χ4n) is 4.70. The Morgan fingerprint density at radius 1 is 1.12 bits per heavy atom. The zero-order valence-electron chi connectivity index (χ0n) is 19.9. The maximum absolute atomic E-state index is 13.8. The van der Waals surface area contributed by atoms with E-state index in [9.17, 15) is 14.7 Å². The maximum atomic E-state index is 13.8. The second-order valence-corrected chi connectivity index (χ2v) is 9.45. The second kappa shape index (κ2) is 10.5. The molecule has 1 atom stereocenters. The minimum atomic E-state index is -1.23. The third-order valence-corrected chi connectivity index (χ3v) is 6.82. The van der Waals surface area contributed by atoms with Crippen molar-refractivity contribution in [2.24, 2.45) is 5.92 Å². The number of amides is 2. The lowest BCUT2D eigenvalue weighted by Gasteiger charge is -2.45. The minimum Gasteiger partial charge on any atom is -0.465 e. The Balaban J connectivity index is 1.97. The molecule has 0 bridgehead atoms. The molecule has 0 saturated heterocycles. The van der Waals surface area contributed by atoms with Crippen molar-refractivity contribution in [1.29, 1.82) is 0 Å². The number of aryl methyl sites for hydroxylation is 1. The van der Waals surface area contributed by atoms with Crippen LogP contribution in [0.4, 0.5) is 16.2 Å². The van der Waals surface area contributed by atoms with Crippen LogP contribution < -0.4 is 10.2 Å². The molecule has 33 heavy (non-hydrogen) atoms. The third-order valence-electron chi connectivity index (χ3n) is 6.46. The Morgan fingerprint density at radius 2 is 1.79 bits per heavy atom. The van der Waals surface area contributed by atoms with E-state index in [1.54, 1.807) is 6.07 Å². The van der Waals surface area contributed by atoms with Crippen LogP contribution in [0.1, 0.15) is 45.2 Å². The number of anilines is 2. The Bertz CT molecular complexity index is 989. The van der Waals surface area contributed by atoms with Crippen molar-refractivity contribution >= 4 is 35.0 Å². The number of nitrogens with one attached hydrogen (secondary N) is 1. The standard InChI is InChI=1S/C26H34ClN3O3/c1-5-29(6-2)21-12-10-20(11-13-21)28-24(31)26(30(25(32)33)17-18(3)4)15-14-19-8-7-9-23(27)22(19)16-26/h7-13,18H,5-6,14-17H2,1-4H3,(H,28,31)(H,32,33). The molecule has 0 aliphatic heterocycles. The highest BCUT2D eigenvalue weighted by Crippen LogP contribution is 2.38. The van der Waals surface area contributed by atoms with Gasteiger partial charge in [0.25, 0.3) is 5.91 Å². The number of fused-ring (bicyclic) bond motifs is 1. The number of rotatable bonds is 8. The summed E-state index contributed by atoms with van der Waals surface area (Å²) in [5, 5.41) is 13.7. The van der Waals surface area contributed by atoms with Crippen LogP contribution in [0.15, 0.2) is 42.5 Å². The van der Waals surface area contributed by atoms with Gasteiger partial charge in [-0.05, 0) is 74.1 Å². The predicted molar refractivity (Wildman–Crippen MR) is 134 cm³/mol. The molecular weight excluding hydrogens is 438 g/mol. The molecule has 0 heterocycles. The van der Waals surface area contributed by atoms with E-state index >= 15 is 0 Å². The number of carboxylic acid groups (broad SMARTS) is 1. The van der Waals surface area contributed by atoms with E-state index in [1.165, 1.54) is 4.90 Å². The average Bonchev–Trinajstić information content (AvgIpc) is 2.79. The summed E-state index contributed by atoms with van der Waals surface area (Å²) in [5.74, 6) is -0.238. The van der Waals surface area contributed by atoms with Crippen LogP contribution in [0.5, 0.6) is 0 Å². The first kappa shape index (κ1) is 24.9. The highest BCUT2D eigenvalue weighted by atomic mass is 35.5. The summed E-state index contributed by atoms with van der Waals surface area (Å²) in [6.07, 6.45) is 0.158. The average molecular weight is 472 g/mol. The van der Waals surface area contributed by atoms with Gasteiger partial charge < -0.3 is 15.3 Å². The van der Waals surface area contributed by atoms with Gasteiger partial charge in [-0.1, -0.05) is 37.6 Å². The molecule has 7 heteroatoms. The van der Waals surface area contributed by atoms with E-state index in [4.69, 9.17) is 11.6 Å². The van der Waals surface area contributed by atoms with Crippen molar-refractivity contribution in [3.05, 3.63) is 58.6 Å². The number of benzene rings is 2. The quantitative estimate of drug-likeness (QED) is 0.518. The van der Waals surface area contributed by atoms with Gasteiger partial charge in [0.05, 0.1) is 0 Å². The summed E-state index contributed by atoms with van der Waals surface area (Å²) in [7, 11) is 0. The van der Waals surface area contributed by atoms with Crippen molar-refractivity contribution in [2.45, 2.75) is 52.5 Å². The maximum Gasteiger partial charge on any atom is 0.408 e. The van der Waals surface area contributed by atoms with Crippen LogP contribution in [0.3, 0.4) is 0 Å². The second-order valence-electron chi connectivity index (χ2n) is 9.05. The van der Waals surface area contributed by atoms with Gasteiger partial charge in [0.15, 0.2) is 0 Å². The van der Waals surface area contributed by atoms with Gasteiger partial charge in [0.1, 0.15) is 5.54 Å². The predicted octanol–water partition coefficient (Wildman–Crippen LogP) is 5.69. The fourth-order valence-corrected chi connectivity index (χ4v) is 4.96. The Morgan fingerprint density at radius 3 is 2.36 bits per heavy atom. The smallest absolute Gasteiger partial charge is 0.408 e. The summed E-state index contributed by atoms with van der Waals surface area (Å²) >= 11 is 6.50. The molecule has 2 aromatic rings. The molecule has 1 unspecified atom stereocenters. The van der Waals surface area contributed by atoms with Crippen molar-refractivity contribution < 1.29 is 14.7 Å². The molecule has 1 aliphatic carbocycles. The Labute approximate surface area is 201 Å². The number of carbonyl (C=O) groups excluding carboxylic acids is 1. The molecule has 3 rings (SSSR count). The van der Waals surface area contributed by atoms with Crippen LogP contribution >= 0.6 is 11.6 Å². The van der Waals surface area contributed by atoms with Gasteiger partial charge in [-0.3, -0.25) is 9.69 Å². The van der Waals surface area contributed by atoms with E-state index in [0.717, 1.165) is 29.9 Å². The van der Waals surface area contributed by atoms with Gasteiger partial charge >= 0.3 is 6.09 Å². The zero-order valence-corrected chi connectivity index (χ0v) is 20.7.